The minimum Gasteiger partial charge on any atom is -0.482 e. The normalized spacial score (nSPS) is 11.2. The van der Waals surface area contributed by atoms with E-state index >= 15 is 0 Å². The number of rotatable bonds is 4. The van der Waals surface area contributed by atoms with Crippen LogP contribution in [0.25, 0.3) is 5.69 Å². The fourth-order valence-corrected chi connectivity index (χ4v) is 1.77. The molecule has 0 N–H and O–H groups in total. The fraction of sp³-hybridized carbons (Fsp3) is 0.375. The van der Waals surface area contributed by atoms with E-state index < -0.39 is 5.60 Å². The van der Waals surface area contributed by atoms with Crippen molar-refractivity contribution >= 4 is 5.97 Å². The van der Waals surface area contributed by atoms with Crippen LogP contribution >= 0.6 is 0 Å². The number of nitrogens with zero attached hydrogens (tertiary/aromatic N) is 2. The van der Waals surface area contributed by atoms with Gasteiger partial charge >= 0.3 is 5.97 Å². The van der Waals surface area contributed by atoms with Crippen LogP contribution in [0.5, 0.6) is 5.75 Å². The van der Waals surface area contributed by atoms with Crippen molar-refractivity contribution < 1.29 is 14.3 Å². The lowest BCUT2D eigenvalue weighted by Gasteiger charge is -2.19. The summed E-state index contributed by atoms with van der Waals surface area (Å²) in [5.74, 6) is 0.239. The molecule has 0 aliphatic rings. The number of hydrogen-bond acceptors (Lipinski definition) is 4. The van der Waals surface area contributed by atoms with Crippen LogP contribution in [0, 0.1) is 6.92 Å². The van der Waals surface area contributed by atoms with Gasteiger partial charge in [0.1, 0.15) is 11.4 Å². The third-order valence-electron chi connectivity index (χ3n) is 2.60. The summed E-state index contributed by atoms with van der Waals surface area (Å²) < 4.78 is 12.4. The zero-order valence-electron chi connectivity index (χ0n) is 12.8. The first-order chi connectivity index (χ1) is 9.83. The number of hydrogen-bond donors (Lipinski definition) is 0. The van der Waals surface area contributed by atoms with Gasteiger partial charge in [-0.05, 0) is 58.0 Å². The SMILES string of the molecule is Cc1ccn(-c2ccc(OCC(=O)OC(C)(C)C)cc2)n1. The van der Waals surface area contributed by atoms with Crippen molar-refractivity contribution in [3.05, 3.63) is 42.2 Å². The predicted octanol–water partition coefficient (Wildman–Crippen LogP) is 2.90. The zero-order valence-corrected chi connectivity index (χ0v) is 12.8. The highest BCUT2D eigenvalue weighted by Crippen LogP contribution is 2.15. The number of ether oxygens (including phenoxy) is 2. The van der Waals surface area contributed by atoms with E-state index in [1.54, 1.807) is 16.8 Å². The van der Waals surface area contributed by atoms with Crippen LogP contribution < -0.4 is 4.74 Å². The first kappa shape index (κ1) is 15.1. The highest BCUT2D eigenvalue weighted by molar-refractivity contribution is 5.71. The summed E-state index contributed by atoms with van der Waals surface area (Å²) in [4.78, 5) is 11.6. The number of aromatic nitrogens is 2. The molecule has 2 rings (SSSR count). The van der Waals surface area contributed by atoms with Crippen molar-refractivity contribution in [2.75, 3.05) is 6.61 Å². The van der Waals surface area contributed by atoms with Crippen molar-refractivity contribution in [2.45, 2.75) is 33.3 Å². The van der Waals surface area contributed by atoms with Crippen molar-refractivity contribution in [2.24, 2.45) is 0 Å². The van der Waals surface area contributed by atoms with Gasteiger partial charge in [0, 0.05) is 6.20 Å². The topological polar surface area (TPSA) is 53.4 Å². The summed E-state index contributed by atoms with van der Waals surface area (Å²) in [7, 11) is 0. The van der Waals surface area contributed by atoms with E-state index in [4.69, 9.17) is 9.47 Å². The van der Waals surface area contributed by atoms with Crippen molar-refractivity contribution in [1.29, 1.82) is 0 Å². The van der Waals surface area contributed by atoms with Crippen molar-refractivity contribution in [1.82, 2.24) is 9.78 Å². The molecule has 0 bridgehead atoms. The number of esters is 1. The molecule has 0 spiro atoms. The van der Waals surface area contributed by atoms with Crippen molar-refractivity contribution in [3.8, 4) is 11.4 Å². The Morgan fingerprint density at radius 1 is 1.19 bits per heavy atom. The Kier molecular flexibility index (Phi) is 4.31. The molecular formula is C16H20N2O3. The Morgan fingerprint density at radius 2 is 1.86 bits per heavy atom. The first-order valence-electron chi connectivity index (χ1n) is 6.81. The largest absolute Gasteiger partial charge is 0.482 e. The average Bonchev–Trinajstić information content (AvgIpc) is 2.82. The maximum atomic E-state index is 11.6. The van der Waals surface area contributed by atoms with Gasteiger partial charge < -0.3 is 9.47 Å². The number of benzene rings is 1. The highest BCUT2D eigenvalue weighted by Gasteiger charge is 2.16. The summed E-state index contributed by atoms with van der Waals surface area (Å²) in [6.45, 7) is 7.32. The Hall–Kier alpha value is -2.30. The van der Waals surface area contributed by atoms with Gasteiger partial charge in [-0.2, -0.15) is 5.10 Å². The third kappa shape index (κ3) is 4.63. The minimum absolute atomic E-state index is 0.0997. The second kappa shape index (κ2) is 5.99. The van der Waals surface area contributed by atoms with Crippen LogP contribution in [-0.4, -0.2) is 28.0 Å². The predicted molar refractivity (Wildman–Crippen MR) is 79.6 cm³/mol. The summed E-state index contributed by atoms with van der Waals surface area (Å²) >= 11 is 0. The molecule has 0 radical (unpaired) electrons. The molecule has 0 atom stereocenters. The van der Waals surface area contributed by atoms with Gasteiger partial charge in [0.25, 0.3) is 0 Å². The molecule has 1 aromatic carbocycles. The van der Waals surface area contributed by atoms with E-state index in [1.165, 1.54) is 0 Å². The monoisotopic (exact) mass is 288 g/mol. The smallest absolute Gasteiger partial charge is 0.344 e. The van der Waals surface area contributed by atoms with Gasteiger partial charge in [-0.1, -0.05) is 0 Å². The number of aryl methyl sites for hydroxylation is 1. The summed E-state index contributed by atoms with van der Waals surface area (Å²) in [6, 6.07) is 9.31. The molecule has 0 fully saturated rings. The lowest BCUT2D eigenvalue weighted by atomic mass is 10.2. The van der Waals surface area contributed by atoms with E-state index in [2.05, 4.69) is 5.10 Å². The maximum absolute atomic E-state index is 11.6. The standard InChI is InChI=1S/C16H20N2O3/c1-12-9-10-18(17-12)13-5-7-14(8-6-13)20-11-15(19)21-16(2,3)4/h5-10H,11H2,1-4H3. The lowest BCUT2D eigenvalue weighted by molar-refractivity contribution is -0.157. The molecule has 2 aromatic rings. The molecule has 0 amide bonds. The molecule has 0 saturated carbocycles. The van der Waals surface area contributed by atoms with Gasteiger partial charge in [0.2, 0.25) is 0 Å². The molecule has 0 aliphatic heterocycles. The minimum atomic E-state index is -0.498. The molecule has 0 saturated heterocycles. The maximum Gasteiger partial charge on any atom is 0.344 e. The van der Waals surface area contributed by atoms with E-state index in [-0.39, 0.29) is 12.6 Å². The summed E-state index contributed by atoms with van der Waals surface area (Å²) in [5.41, 5.74) is 1.40. The molecule has 5 heteroatoms. The second-order valence-corrected chi connectivity index (χ2v) is 5.77. The van der Waals surface area contributed by atoms with Gasteiger partial charge in [-0.15, -0.1) is 0 Å². The van der Waals surface area contributed by atoms with Crippen LogP contribution in [0.4, 0.5) is 0 Å². The molecule has 112 valence electrons. The highest BCUT2D eigenvalue weighted by atomic mass is 16.6. The second-order valence-electron chi connectivity index (χ2n) is 5.77. The quantitative estimate of drug-likeness (QED) is 0.812. The molecule has 1 heterocycles. The molecule has 0 aliphatic carbocycles. The summed E-state index contributed by atoms with van der Waals surface area (Å²) in [5, 5.41) is 4.33. The fourth-order valence-electron chi connectivity index (χ4n) is 1.77. The van der Waals surface area contributed by atoms with E-state index in [1.807, 2.05) is 52.1 Å². The summed E-state index contributed by atoms with van der Waals surface area (Å²) in [6.07, 6.45) is 1.89. The van der Waals surface area contributed by atoms with Crippen LogP contribution in [0.15, 0.2) is 36.5 Å². The van der Waals surface area contributed by atoms with Crippen LogP contribution in [-0.2, 0) is 9.53 Å². The van der Waals surface area contributed by atoms with Gasteiger partial charge in [0.05, 0.1) is 11.4 Å². The molecule has 0 unspecified atom stereocenters. The molecule has 5 nitrogen and oxygen atoms in total. The van der Waals surface area contributed by atoms with E-state index in [0.29, 0.717) is 5.75 Å². The number of carbonyl (C=O) groups excluding carboxylic acids is 1. The average molecular weight is 288 g/mol. The lowest BCUT2D eigenvalue weighted by Crippen LogP contribution is -2.27. The number of carbonyl (C=O) groups is 1. The van der Waals surface area contributed by atoms with Crippen LogP contribution in [0.2, 0.25) is 0 Å². The van der Waals surface area contributed by atoms with Gasteiger partial charge in [-0.25, -0.2) is 9.48 Å². The Balaban J connectivity index is 1.92. The Morgan fingerprint density at radius 3 is 2.38 bits per heavy atom. The van der Waals surface area contributed by atoms with Gasteiger partial charge in [-0.3, -0.25) is 0 Å². The van der Waals surface area contributed by atoms with Gasteiger partial charge in [0.15, 0.2) is 6.61 Å². The van der Waals surface area contributed by atoms with E-state index in [0.717, 1.165) is 11.4 Å². The Labute approximate surface area is 124 Å². The Bertz CT molecular complexity index is 609. The van der Waals surface area contributed by atoms with E-state index in [9.17, 15) is 4.79 Å². The third-order valence-corrected chi connectivity index (χ3v) is 2.60. The van der Waals surface area contributed by atoms with Crippen LogP contribution in [0.3, 0.4) is 0 Å². The first-order valence-corrected chi connectivity index (χ1v) is 6.81. The molecule has 21 heavy (non-hydrogen) atoms. The molecular weight excluding hydrogens is 268 g/mol. The molecule has 1 aromatic heterocycles. The van der Waals surface area contributed by atoms with Crippen molar-refractivity contribution in [3.63, 3.8) is 0 Å². The zero-order chi connectivity index (χ0) is 15.5. The van der Waals surface area contributed by atoms with Crippen LogP contribution in [0.1, 0.15) is 26.5 Å².